The van der Waals surface area contributed by atoms with Gasteiger partial charge in [0.05, 0.1) is 22.8 Å². The molecule has 0 amide bonds. The van der Waals surface area contributed by atoms with E-state index in [1.807, 2.05) is 60.7 Å². The van der Waals surface area contributed by atoms with Crippen LogP contribution in [0.2, 0.25) is 0 Å². The van der Waals surface area contributed by atoms with E-state index in [9.17, 15) is 0 Å². The molecular weight excluding hydrogens is 794 g/mol. The summed E-state index contributed by atoms with van der Waals surface area (Å²) in [5.74, 6) is 13.8. The quantitative estimate of drug-likeness (QED) is 0.129. The van der Waals surface area contributed by atoms with Gasteiger partial charge in [0.2, 0.25) is 0 Å². The van der Waals surface area contributed by atoms with E-state index in [4.69, 9.17) is 19.9 Å². The Labute approximate surface area is 366 Å². The Bertz CT molecular complexity index is 3300. The summed E-state index contributed by atoms with van der Waals surface area (Å²) >= 11 is 0. The van der Waals surface area contributed by atoms with Gasteiger partial charge < -0.3 is 9.97 Å². The third-order valence-corrected chi connectivity index (χ3v) is 10.9. The molecule has 11 rings (SSSR count). The Morgan fingerprint density at radius 1 is 0.328 bits per heavy atom. The van der Waals surface area contributed by atoms with Crippen molar-refractivity contribution < 1.29 is 19.5 Å². The van der Waals surface area contributed by atoms with Crippen molar-refractivity contribution in [2.24, 2.45) is 0 Å². The van der Waals surface area contributed by atoms with E-state index in [0.29, 0.717) is 0 Å². The molecule has 0 N–H and O–H groups in total. The van der Waals surface area contributed by atoms with Gasteiger partial charge >= 0.3 is 19.5 Å². The second kappa shape index (κ2) is 16.1. The van der Waals surface area contributed by atoms with E-state index in [1.54, 1.807) is 0 Å². The topological polar surface area (TPSA) is 54.0 Å². The minimum Gasteiger partial charge on any atom is -0.656 e. The van der Waals surface area contributed by atoms with Gasteiger partial charge in [-0.25, -0.2) is 9.97 Å². The fraction of sp³-hybridized carbons (Fsp3) is 0. The van der Waals surface area contributed by atoms with Crippen LogP contribution in [0.5, 0.6) is 0 Å². The summed E-state index contributed by atoms with van der Waals surface area (Å²) in [6.07, 6.45) is 8.25. The van der Waals surface area contributed by atoms with Crippen LogP contribution in [0, 0.1) is 23.7 Å². The zero-order valence-electron chi connectivity index (χ0n) is 33.0. The molecule has 4 nitrogen and oxygen atoms in total. The number of fused-ring (bicyclic) bond motifs is 10. The van der Waals surface area contributed by atoms with Crippen LogP contribution in [-0.2, 0) is 19.5 Å². The van der Waals surface area contributed by atoms with E-state index >= 15 is 0 Å². The van der Waals surface area contributed by atoms with Crippen molar-refractivity contribution in [2.75, 3.05) is 0 Å². The van der Waals surface area contributed by atoms with Crippen LogP contribution in [0.4, 0.5) is 0 Å². The number of rotatable bonds is 2. The minimum atomic E-state index is 0. The Hall–Kier alpha value is -7.82. The summed E-state index contributed by atoms with van der Waals surface area (Å²) in [6, 6.07) is 58.0. The molecule has 0 atom stereocenters. The SMILES string of the molecule is C(#Cc1c2nc(c(-c3cccc4ccccc34)c3ccc([n-]3)c(C#Cc3ccccc3)c3nc(c(-c4cccc5ccccc45)c4ccc1[n-]4)C=C3)C=C2)c1ccccc1.[Zn+2]. The van der Waals surface area contributed by atoms with Crippen molar-refractivity contribution in [1.82, 2.24) is 19.9 Å². The first kappa shape index (κ1) is 37.5. The fourth-order valence-corrected chi connectivity index (χ4v) is 8.09. The first-order valence-electron chi connectivity index (χ1n) is 19.9. The van der Waals surface area contributed by atoms with Crippen LogP contribution in [0.15, 0.2) is 170 Å². The van der Waals surface area contributed by atoms with Gasteiger partial charge in [0.15, 0.2) is 0 Å². The number of nitrogens with zero attached hydrogens (tertiary/aromatic N) is 4. The summed E-state index contributed by atoms with van der Waals surface area (Å²) in [5.41, 5.74) is 13.3. The second-order valence-electron chi connectivity index (χ2n) is 14.6. The summed E-state index contributed by atoms with van der Waals surface area (Å²) in [5, 5.41) is 4.49. The van der Waals surface area contributed by atoms with E-state index in [2.05, 4.69) is 157 Å². The molecular formula is C56H32N4Zn. The van der Waals surface area contributed by atoms with Crippen molar-refractivity contribution in [2.45, 2.75) is 0 Å². The van der Waals surface area contributed by atoms with E-state index < -0.39 is 0 Å². The molecule has 9 aromatic rings. The molecule has 3 aromatic heterocycles. The second-order valence-corrected chi connectivity index (χ2v) is 14.6. The van der Waals surface area contributed by atoms with Crippen molar-refractivity contribution >= 4 is 67.9 Å². The molecule has 61 heavy (non-hydrogen) atoms. The molecule has 2 aliphatic heterocycles. The average molecular weight is 826 g/mol. The van der Waals surface area contributed by atoms with Crippen molar-refractivity contribution in [1.29, 1.82) is 0 Å². The Morgan fingerprint density at radius 3 is 1.16 bits per heavy atom. The summed E-state index contributed by atoms with van der Waals surface area (Å²) in [7, 11) is 0. The van der Waals surface area contributed by atoms with Gasteiger partial charge in [0, 0.05) is 22.3 Å². The molecule has 0 radical (unpaired) electrons. The summed E-state index contributed by atoms with van der Waals surface area (Å²) in [6.45, 7) is 0. The first-order valence-corrected chi connectivity index (χ1v) is 19.9. The molecule has 2 aliphatic rings. The van der Waals surface area contributed by atoms with Gasteiger partial charge in [-0.15, -0.1) is 22.1 Å². The predicted molar refractivity (Wildman–Crippen MR) is 248 cm³/mol. The fourth-order valence-electron chi connectivity index (χ4n) is 8.09. The Morgan fingerprint density at radius 2 is 0.705 bits per heavy atom. The van der Waals surface area contributed by atoms with Crippen molar-refractivity contribution in [3.8, 4) is 45.9 Å². The largest absolute Gasteiger partial charge is 2.00 e. The minimum absolute atomic E-state index is 0. The molecule has 8 bridgehead atoms. The molecule has 0 unspecified atom stereocenters. The summed E-state index contributed by atoms with van der Waals surface area (Å²) in [4.78, 5) is 21.5. The molecule has 0 saturated carbocycles. The molecule has 0 fully saturated rings. The molecule has 0 saturated heterocycles. The average Bonchev–Trinajstić information content (AvgIpc) is 4.15. The number of hydrogen-bond acceptors (Lipinski definition) is 2. The number of benzene rings is 6. The maximum Gasteiger partial charge on any atom is 2.00 e. The summed E-state index contributed by atoms with van der Waals surface area (Å²) < 4.78 is 0. The van der Waals surface area contributed by atoms with Crippen LogP contribution in [-0.4, -0.2) is 9.97 Å². The van der Waals surface area contributed by atoms with Crippen LogP contribution in [0.25, 0.3) is 90.2 Å². The van der Waals surface area contributed by atoms with Crippen molar-refractivity contribution in [3.63, 3.8) is 0 Å². The van der Waals surface area contributed by atoms with Crippen LogP contribution >= 0.6 is 0 Å². The zero-order valence-corrected chi connectivity index (χ0v) is 35.9. The molecule has 6 aromatic carbocycles. The van der Waals surface area contributed by atoms with Gasteiger partial charge in [-0.05, 0) is 92.4 Å². The molecule has 278 valence electrons. The third kappa shape index (κ3) is 7.09. The van der Waals surface area contributed by atoms with Gasteiger partial charge in [-0.3, -0.25) is 0 Å². The van der Waals surface area contributed by atoms with E-state index in [0.717, 1.165) is 111 Å². The van der Waals surface area contributed by atoms with Crippen molar-refractivity contribution in [3.05, 3.63) is 215 Å². The van der Waals surface area contributed by atoms with E-state index in [1.165, 1.54) is 0 Å². The van der Waals surface area contributed by atoms with Crippen LogP contribution in [0.3, 0.4) is 0 Å². The third-order valence-electron chi connectivity index (χ3n) is 10.9. The molecule has 0 aliphatic carbocycles. The Balaban J connectivity index is 0.00000445. The van der Waals surface area contributed by atoms with Gasteiger partial charge in [-0.1, -0.05) is 169 Å². The molecule has 0 spiro atoms. The molecule has 5 heterocycles. The first-order chi connectivity index (χ1) is 29.7. The number of aromatic nitrogens is 4. The maximum absolute atomic E-state index is 5.38. The molecule has 5 heteroatoms. The normalized spacial score (nSPS) is 11.4. The predicted octanol–water partition coefficient (Wildman–Crippen LogP) is 12.4. The Kier molecular flexibility index (Phi) is 9.88. The maximum atomic E-state index is 5.38. The monoisotopic (exact) mass is 824 g/mol. The van der Waals surface area contributed by atoms with Crippen LogP contribution in [0.1, 0.15) is 45.0 Å². The standard InChI is InChI=1S/C56H32N4.Zn/c1-3-13-37(14-4-1)25-27-45-47-29-33-51(57-47)55(43-23-11-19-39-17-7-9-21-41(39)43)53-35-31-49(59-53)46(28-26-38-15-5-2-6-16-38)50-32-36-54(60-50)56(52-34-30-48(45)58-52)44-24-12-20-40-18-8-10-22-42(40)44;/h1-24,29-36H;/q-2;+2. The smallest absolute Gasteiger partial charge is 0.656 e. The number of hydrogen-bond donors (Lipinski definition) is 0. The van der Waals surface area contributed by atoms with Gasteiger partial charge in [0.25, 0.3) is 0 Å². The van der Waals surface area contributed by atoms with Gasteiger partial charge in [0.1, 0.15) is 0 Å². The van der Waals surface area contributed by atoms with Crippen LogP contribution < -0.4 is 9.97 Å². The zero-order chi connectivity index (χ0) is 39.8. The van der Waals surface area contributed by atoms with Gasteiger partial charge in [-0.2, -0.15) is 0 Å². The van der Waals surface area contributed by atoms with E-state index in [-0.39, 0.29) is 19.5 Å².